The highest BCUT2D eigenvalue weighted by Gasteiger charge is 2.22. The molecule has 1 N–H and O–H groups in total. The lowest BCUT2D eigenvalue weighted by Crippen LogP contribution is -2.38. The number of nitrogens with zero attached hydrogens (tertiary/aromatic N) is 3. The molecule has 0 aliphatic rings. The lowest BCUT2D eigenvalue weighted by molar-refractivity contribution is -0.386. The van der Waals surface area contributed by atoms with E-state index in [4.69, 9.17) is 15.3 Å². The maximum atomic E-state index is 11.1. The third-order valence-corrected chi connectivity index (χ3v) is 3.24. The molecule has 0 heterocycles. The van der Waals surface area contributed by atoms with Gasteiger partial charge < -0.3 is 4.74 Å². The molecule has 0 radical (unpaired) electrons. The smallest absolute Gasteiger partial charge is 0.313 e. The van der Waals surface area contributed by atoms with Crippen molar-refractivity contribution in [3.8, 4) is 17.9 Å². The Morgan fingerprint density at radius 1 is 1.48 bits per heavy atom. The Labute approximate surface area is 135 Å². The summed E-state index contributed by atoms with van der Waals surface area (Å²) in [5.41, 5.74) is -0.0877. The molecule has 0 amide bonds. The van der Waals surface area contributed by atoms with Crippen LogP contribution in [0.25, 0.3) is 0 Å². The van der Waals surface area contributed by atoms with E-state index in [-0.39, 0.29) is 29.6 Å². The van der Waals surface area contributed by atoms with Gasteiger partial charge in [0.2, 0.25) is 5.75 Å². The SMILES string of the molecule is CC(C)NC(C#N)COc1c(I)cc(C#N)cc1[N+](=O)[O-]. The normalized spacial score (nSPS) is 11.5. The maximum Gasteiger partial charge on any atom is 0.313 e. The molecule has 21 heavy (non-hydrogen) atoms. The first-order valence-electron chi connectivity index (χ1n) is 6.05. The number of nitro benzene ring substituents is 1. The molecule has 0 spiro atoms. The van der Waals surface area contributed by atoms with Crippen LogP contribution in [0.1, 0.15) is 19.4 Å². The quantitative estimate of drug-likeness (QED) is 0.446. The van der Waals surface area contributed by atoms with Crippen LogP contribution in [0.3, 0.4) is 0 Å². The molecule has 1 aromatic carbocycles. The fourth-order valence-electron chi connectivity index (χ4n) is 1.61. The number of nitro groups is 1. The molecule has 110 valence electrons. The highest BCUT2D eigenvalue weighted by atomic mass is 127. The van der Waals surface area contributed by atoms with Gasteiger partial charge in [0.15, 0.2) is 0 Å². The number of nitriles is 2. The summed E-state index contributed by atoms with van der Waals surface area (Å²) in [4.78, 5) is 10.5. The van der Waals surface area contributed by atoms with Crippen molar-refractivity contribution in [2.75, 3.05) is 6.61 Å². The minimum absolute atomic E-state index is 0.0164. The first-order chi connectivity index (χ1) is 9.88. The highest BCUT2D eigenvalue weighted by Crippen LogP contribution is 2.33. The van der Waals surface area contributed by atoms with E-state index in [0.29, 0.717) is 3.57 Å². The van der Waals surface area contributed by atoms with Gasteiger partial charge in [0, 0.05) is 12.1 Å². The van der Waals surface area contributed by atoms with E-state index in [0.717, 1.165) is 6.07 Å². The molecule has 0 saturated heterocycles. The Morgan fingerprint density at radius 2 is 2.14 bits per heavy atom. The lowest BCUT2D eigenvalue weighted by Gasteiger charge is -2.16. The summed E-state index contributed by atoms with van der Waals surface area (Å²) in [5, 5.41) is 31.9. The molecule has 0 bridgehead atoms. The molecule has 1 atom stereocenters. The summed E-state index contributed by atoms with van der Waals surface area (Å²) in [6.45, 7) is 3.76. The van der Waals surface area contributed by atoms with Crippen LogP contribution < -0.4 is 10.1 Å². The molecule has 7 nitrogen and oxygen atoms in total. The minimum atomic E-state index is -0.602. The number of hydrogen-bond donors (Lipinski definition) is 1. The van der Waals surface area contributed by atoms with Gasteiger partial charge >= 0.3 is 5.69 Å². The van der Waals surface area contributed by atoms with Gasteiger partial charge in [0.25, 0.3) is 0 Å². The molecule has 1 aromatic rings. The van der Waals surface area contributed by atoms with E-state index in [1.165, 1.54) is 6.07 Å². The Morgan fingerprint density at radius 3 is 2.62 bits per heavy atom. The molecule has 0 saturated carbocycles. The van der Waals surface area contributed by atoms with Crippen molar-refractivity contribution >= 4 is 28.3 Å². The first kappa shape index (κ1) is 17.1. The predicted octanol–water partition coefficient (Wildman–Crippen LogP) is 2.34. The van der Waals surface area contributed by atoms with Gasteiger partial charge in [-0.2, -0.15) is 10.5 Å². The van der Waals surface area contributed by atoms with Gasteiger partial charge in [0.05, 0.1) is 26.2 Å². The van der Waals surface area contributed by atoms with E-state index >= 15 is 0 Å². The van der Waals surface area contributed by atoms with Gasteiger partial charge in [-0.15, -0.1) is 0 Å². The van der Waals surface area contributed by atoms with Crippen molar-refractivity contribution < 1.29 is 9.66 Å². The number of halogens is 1. The van der Waals surface area contributed by atoms with E-state index in [2.05, 4.69) is 5.32 Å². The van der Waals surface area contributed by atoms with Gasteiger partial charge in [-0.1, -0.05) is 0 Å². The molecule has 0 aliphatic carbocycles. The molecule has 1 unspecified atom stereocenters. The van der Waals surface area contributed by atoms with E-state index in [1.807, 2.05) is 48.6 Å². The molecule has 0 aliphatic heterocycles. The van der Waals surface area contributed by atoms with Gasteiger partial charge in [0.1, 0.15) is 12.6 Å². The van der Waals surface area contributed by atoms with E-state index in [1.54, 1.807) is 0 Å². The zero-order chi connectivity index (χ0) is 16.0. The predicted molar refractivity (Wildman–Crippen MR) is 83.7 cm³/mol. The lowest BCUT2D eigenvalue weighted by atomic mass is 10.2. The molecular formula is C13H13IN4O3. The fourth-order valence-corrected chi connectivity index (χ4v) is 2.38. The van der Waals surface area contributed by atoms with Crippen molar-refractivity contribution in [2.24, 2.45) is 0 Å². The highest BCUT2D eigenvalue weighted by molar-refractivity contribution is 14.1. The summed E-state index contributed by atoms with van der Waals surface area (Å²) >= 11 is 1.87. The second kappa shape index (κ2) is 7.76. The summed E-state index contributed by atoms with van der Waals surface area (Å²) in [5.74, 6) is 0.0745. The average Bonchev–Trinajstić information content (AvgIpc) is 2.42. The third kappa shape index (κ3) is 4.85. The molecular weight excluding hydrogens is 387 g/mol. The average molecular weight is 400 g/mol. The van der Waals surface area contributed by atoms with Crippen molar-refractivity contribution in [2.45, 2.75) is 25.9 Å². The number of rotatable bonds is 6. The summed E-state index contributed by atoms with van der Waals surface area (Å²) < 4.78 is 5.90. The van der Waals surface area contributed by atoms with Crippen molar-refractivity contribution in [3.63, 3.8) is 0 Å². The van der Waals surface area contributed by atoms with Crippen LogP contribution in [-0.4, -0.2) is 23.6 Å². The van der Waals surface area contributed by atoms with Crippen molar-refractivity contribution in [1.82, 2.24) is 5.32 Å². The van der Waals surface area contributed by atoms with Crippen molar-refractivity contribution in [1.29, 1.82) is 10.5 Å². The third-order valence-electron chi connectivity index (χ3n) is 2.43. The topological polar surface area (TPSA) is 112 Å². The molecule has 0 fully saturated rings. The van der Waals surface area contributed by atoms with Gasteiger partial charge in [-0.3, -0.25) is 15.4 Å². The van der Waals surface area contributed by atoms with Crippen LogP contribution in [0, 0.1) is 36.3 Å². The Balaban J connectivity index is 3.00. The Bertz CT molecular complexity index is 619. The Hall–Kier alpha value is -1.91. The number of benzene rings is 1. The van der Waals surface area contributed by atoms with Gasteiger partial charge in [-0.05, 0) is 42.5 Å². The second-order valence-corrected chi connectivity index (χ2v) is 5.65. The fraction of sp³-hybridized carbons (Fsp3) is 0.385. The summed E-state index contributed by atoms with van der Waals surface area (Å²) in [6.07, 6.45) is 0. The summed E-state index contributed by atoms with van der Waals surface area (Å²) in [6, 6.07) is 6.08. The van der Waals surface area contributed by atoms with Crippen LogP contribution in [0.5, 0.6) is 5.75 Å². The monoisotopic (exact) mass is 400 g/mol. The van der Waals surface area contributed by atoms with E-state index in [9.17, 15) is 10.1 Å². The molecule has 0 aromatic heterocycles. The van der Waals surface area contributed by atoms with Crippen LogP contribution in [0.15, 0.2) is 12.1 Å². The zero-order valence-corrected chi connectivity index (χ0v) is 13.6. The van der Waals surface area contributed by atoms with Gasteiger partial charge in [-0.25, -0.2) is 0 Å². The first-order valence-corrected chi connectivity index (χ1v) is 7.13. The Kier molecular flexibility index (Phi) is 6.34. The summed E-state index contributed by atoms with van der Waals surface area (Å²) in [7, 11) is 0. The number of hydrogen-bond acceptors (Lipinski definition) is 6. The van der Waals surface area contributed by atoms with Crippen LogP contribution in [0.2, 0.25) is 0 Å². The second-order valence-electron chi connectivity index (χ2n) is 4.49. The van der Waals surface area contributed by atoms with Crippen LogP contribution >= 0.6 is 22.6 Å². The largest absolute Gasteiger partial charge is 0.483 e. The van der Waals surface area contributed by atoms with E-state index < -0.39 is 11.0 Å². The maximum absolute atomic E-state index is 11.1. The number of ether oxygens (including phenoxy) is 1. The van der Waals surface area contributed by atoms with Crippen LogP contribution in [-0.2, 0) is 0 Å². The molecule has 8 heteroatoms. The zero-order valence-electron chi connectivity index (χ0n) is 11.5. The van der Waals surface area contributed by atoms with Crippen LogP contribution in [0.4, 0.5) is 5.69 Å². The standard InChI is InChI=1S/C13H13IN4O3/c1-8(2)17-10(6-16)7-21-13-11(14)3-9(5-15)4-12(13)18(19)20/h3-4,8,10,17H,7H2,1-2H3. The molecule has 1 rings (SSSR count). The number of nitrogens with one attached hydrogen (secondary N) is 1. The van der Waals surface area contributed by atoms with Crippen molar-refractivity contribution in [3.05, 3.63) is 31.4 Å². The minimum Gasteiger partial charge on any atom is -0.483 e.